The highest BCUT2D eigenvalue weighted by atomic mass is 35.5. The topological polar surface area (TPSA) is 176 Å². The summed E-state index contributed by atoms with van der Waals surface area (Å²) in [6.07, 6.45) is 0.0403. The SMILES string of the molecule is CN(C[C@@H](CCN1CCN(C(c2ccsc2)[C@H](C(=O)CO)[C@@H](C(=O)CO)[C@@H](CC(=O)CO)C(=O)CO)CC1)c1ccc(Cl)c(Cl)c1)C(=O)c1ccccc1. The van der Waals surface area contributed by atoms with Gasteiger partial charge in [-0.1, -0.05) is 47.5 Å². The monoisotopic (exact) mass is 803 g/mol. The van der Waals surface area contributed by atoms with Crippen molar-refractivity contribution in [2.24, 2.45) is 17.8 Å². The van der Waals surface area contributed by atoms with Gasteiger partial charge >= 0.3 is 0 Å². The van der Waals surface area contributed by atoms with Gasteiger partial charge in [0.2, 0.25) is 0 Å². The van der Waals surface area contributed by atoms with Crippen LogP contribution in [0.2, 0.25) is 10.0 Å². The van der Waals surface area contributed by atoms with Crippen LogP contribution in [0, 0.1) is 17.8 Å². The van der Waals surface area contributed by atoms with E-state index >= 15 is 0 Å². The summed E-state index contributed by atoms with van der Waals surface area (Å²) in [6.45, 7) is -0.941. The van der Waals surface area contributed by atoms with E-state index in [0.29, 0.717) is 66.9 Å². The van der Waals surface area contributed by atoms with Crippen LogP contribution in [0.4, 0.5) is 0 Å². The molecule has 2 heterocycles. The molecule has 1 amide bonds. The summed E-state index contributed by atoms with van der Waals surface area (Å²) in [5.41, 5.74) is 2.17. The summed E-state index contributed by atoms with van der Waals surface area (Å²) in [5.74, 6) is -7.94. The van der Waals surface area contributed by atoms with Crippen LogP contribution in [0.25, 0.3) is 0 Å². The summed E-state index contributed by atoms with van der Waals surface area (Å²) in [5, 5.41) is 44.0. The molecule has 1 aromatic heterocycles. The second kappa shape index (κ2) is 21.1. The van der Waals surface area contributed by atoms with Gasteiger partial charge in [0, 0.05) is 75.6 Å². The third-order valence-electron chi connectivity index (χ3n) is 10.2. The number of rotatable bonds is 21. The summed E-state index contributed by atoms with van der Waals surface area (Å²) in [7, 11) is 1.76. The minimum Gasteiger partial charge on any atom is -0.389 e. The van der Waals surface area contributed by atoms with Crippen LogP contribution in [0.5, 0.6) is 0 Å². The van der Waals surface area contributed by atoms with Crippen molar-refractivity contribution < 1.29 is 44.4 Å². The average molecular weight is 805 g/mol. The van der Waals surface area contributed by atoms with E-state index in [1.807, 2.05) is 40.6 Å². The first-order chi connectivity index (χ1) is 25.9. The van der Waals surface area contributed by atoms with Crippen molar-refractivity contribution in [1.82, 2.24) is 14.7 Å². The van der Waals surface area contributed by atoms with Crippen molar-refractivity contribution in [3.8, 4) is 0 Å². The molecule has 0 radical (unpaired) electrons. The molecule has 15 heteroatoms. The number of halogens is 2. The predicted octanol–water partition coefficient (Wildman–Crippen LogP) is 3.14. The molecule has 0 bridgehead atoms. The number of hydrogen-bond donors (Lipinski definition) is 4. The zero-order chi connectivity index (χ0) is 39.4. The van der Waals surface area contributed by atoms with E-state index in [4.69, 9.17) is 23.2 Å². The van der Waals surface area contributed by atoms with E-state index in [9.17, 15) is 44.4 Å². The Morgan fingerprint density at radius 2 is 1.43 bits per heavy atom. The molecule has 292 valence electrons. The molecular weight excluding hydrogens is 757 g/mol. The lowest BCUT2D eigenvalue weighted by molar-refractivity contribution is -0.147. The molecule has 12 nitrogen and oxygen atoms in total. The number of amides is 1. The van der Waals surface area contributed by atoms with Gasteiger partial charge in [0.1, 0.15) is 26.4 Å². The van der Waals surface area contributed by atoms with E-state index in [0.717, 1.165) is 5.56 Å². The maximum atomic E-state index is 13.7. The molecule has 54 heavy (non-hydrogen) atoms. The number of aliphatic hydroxyl groups is 4. The highest BCUT2D eigenvalue weighted by Crippen LogP contribution is 2.41. The number of benzene rings is 2. The Morgan fingerprint density at radius 1 is 0.778 bits per heavy atom. The fraction of sp³-hybridized carbons (Fsp3) is 0.462. The molecule has 1 fully saturated rings. The largest absolute Gasteiger partial charge is 0.389 e. The van der Waals surface area contributed by atoms with Crippen LogP contribution in [-0.2, 0) is 19.2 Å². The van der Waals surface area contributed by atoms with Gasteiger partial charge in [0.15, 0.2) is 23.1 Å². The van der Waals surface area contributed by atoms with Crippen LogP contribution in [-0.4, -0.2) is 137 Å². The Labute approximate surface area is 328 Å². The highest BCUT2D eigenvalue weighted by molar-refractivity contribution is 7.08. The van der Waals surface area contributed by atoms with Crippen LogP contribution >= 0.6 is 34.5 Å². The number of carbonyl (C=O) groups excluding carboxylic acids is 5. The summed E-state index contributed by atoms with van der Waals surface area (Å²) >= 11 is 14.0. The Hall–Kier alpha value is -3.37. The molecule has 1 aliphatic rings. The number of hydrogen-bond acceptors (Lipinski definition) is 12. The molecule has 2 aromatic carbocycles. The van der Waals surface area contributed by atoms with Crippen LogP contribution < -0.4 is 0 Å². The maximum Gasteiger partial charge on any atom is 0.253 e. The van der Waals surface area contributed by atoms with Crippen molar-refractivity contribution >= 4 is 63.6 Å². The molecule has 1 unspecified atom stereocenters. The molecule has 0 saturated carbocycles. The lowest BCUT2D eigenvalue weighted by atomic mass is 9.69. The summed E-state index contributed by atoms with van der Waals surface area (Å²) in [4.78, 5) is 71.8. The van der Waals surface area contributed by atoms with Gasteiger partial charge in [0.05, 0.1) is 16.0 Å². The van der Waals surface area contributed by atoms with Gasteiger partial charge in [0.25, 0.3) is 5.91 Å². The van der Waals surface area contributed by atoms with E-state index in [-0.39, 0.29) is 11.8 Å². The van der Waals surface area contributed by atoms with Crippen molar-refractivity contribution in [3.63, 3.8) is 0 Å². The van der Waals surface area contributed by atoms with E-state index < -0.39 is 79.8 Å². The fourth-order valence-corrected chi connectivity index (χ4v) is 8.36. The number of ketones is 4. The third-order valence-corrected chi connectivity index (χ3v) is 11.6. The van der Waals surface area contributed by atoms with Gasteiger partial charge in [-0.05, 0) is 65.2 Å². The van der Waals surface area contributed by atoms with Crippen LogP contribution in [0.1, 0.15) is 46.3 Å². The Balaban J connectivity index is 1.58. The Morgan fingerprint density at radius 3 is 2.00 bits per heavy atom. The van der Waals surface area contributed by atoms with Crippen molar-refractivity contribution in [2.75, 3.05) is 72.7 Å². The molecule has 1 aliphatic heterocycles. The number of Topliss-reactive ketones (excluding diaryl/α,β-unsaturated/α-hetero) is 4. The molecular formula is C39H47Cl2N3O9S. The first-order valence-electron chi connectivity index (χ1n) is 17.7. The standard InChI is InChI=1S/C39H47Cl2N3O9S/c1-42(39(53)25-5-3-2-4-6-25)19-27(26-7-8-31(40)32(41)17-26)9-11-43-12-14-44(15-13-43)38(28-10-16-54-24-28)37(35(52)23-48)36(34(51)22-47)30(33(50)21-46)18-29(49)20-45/h2-8,10,16-17,24,27,30,36-38,45-48H,9,11-15,18-23H2,1H3/t27-,30+,36-,37-,38?/m1/s1. The van der Waals surface area contributed by atoms with E-state index in [2.05, 4.69) is 4.90 Å². The van der Waals surface area contributed by atoms with Gasteiger partial charge in [-0.15, -0.1) is 0 Å². The van der Waals surface area contributed by atoms with E-state index in [1.165, 1.54) is 11.3 Å². The minimum atomic E-state index is -1.56. The van der Waals surface area contributed by atoms with Crippen molar-refractivity contribution in [3.05, 3.63) is 92.1 Å². The zero-order valence-corrected chi connectivity index (χ0v) is 32.4. The number of likely N-dealkylation sites (N-methyl/N-ethyl adjacent to an activating group) is 1. The maximum absolute atomic E-state index is 13.7. The average Bonchev–Trinajstić information content (AvgIpc) is 3.74. The number of thiophene rings is 1. The molecule has 0 aliphatic carbocycles. The number of nitrogens with zero attached hydrogens (tertiary/aromatic N) is 3. The highest BCUT2D eigenvalue weighted by Gasteiger charge is 2.48. The van der Waals surface area contributed by atoms with E-state index in [1.54, 1.807) is 41.6 Å². The molecule has 0 spiro atoms. The quantitative estimate of drug-likeness (QED) is 0.125. The minimum absolute atomic E-state index is 0.0894. The predicted molar refractivity (Wildman–Crippen MR) is 206 cm³/mol. The smallest absolute Gasteiger partial charge is 0.253 e. The molecule has 3 aromatic rings. The second-order valence-corrected chi connectivity index (χ2v) is 15.1. The van der Waals surface area contributed by atoms with Gasteiger partial charge in [-0.25, -0.2) is 0 Å². The van der Waals surface area contributed by atoms with Crippen molar-refractivity contribution in [2.45, 2.75) is 24.8 Å². The van der Waals surface area contributed by atoms with Crippen LogP contribution in [0.3, 0.4) is 0 Å². The molecule has 1 saturated heterocycles. The van der Waals surface area contributed by atoms with Gasteiger partial charge in [-0.2, -0.15) is 11.3 Å². The zero-order valence-electron chi connectivity index (χ0n) is 30.1. The molecule has 4 N–H and O–H groups in total. The van der Waals surface area contributed by atoms with Gasteiger partial charge < -0.3 is 30.2 Å². The lowest BCUT2D eigenvalue weighted by Crippen LogP contribution is -2.53. The lowest BCUT2D eigenvalue weighted by Gasteiger charge is -2.44. The molecule has 5 atom stereocenters. The normalized spacial score (nSPS) is 16.6. The summed E-state index contributed by atoms with van der Waals surface area (Å²) < 4.78 is 0. The fourth-order valence-electron chi connectivity index (χ4n) is 7.36. The number of carbonyl (C=O) groups is 5. The Kier molecular flexibility index (Phi) is 16.9. The number of piperazine rings is 1. The first kappa shape index (κ1) is 43.4. The Bertz CT molecular complexity index is 1720. The molecule has 4 rings (SSSR count). The summed E-state index contributed by atoms with van der Waals surface area (Å²) in [6, 6.07) is 15.5. The second-order valence-electron chi connectivity index (χ2n) is 13.5. The first-order valence-corrected chi connectivity index (χ1v) is 19.4. The van der Waals surface area contributed by atoms with Crippen molar-refractivity contribution in [1.29, 1.82) is 0 Å². The van der Waals surface area contributed by atoms with Gasteiger partial charge in [-0.3, -0.25) is 28.9 Å². The third kappa shape index (κ3) is 11.1. The number of aliphatic hydroxyl groups excluding tert-OH is 4. The van der Waals surface area contributed by atoms with Crippen LogP contribution in [0.15, 0.2) is 65.4 Å².